The molecule has 1 aromatic heterocycles. The second kappa shape index (κ2) is 8.51. The van der Waals surface area contributed by atoms with E-state index >= 15 is 0 Å². The minimum absolute atomic E-state index is 0.151. The Balaban J connectivity index is 1.52. The Labute approximate surface area is 180 Å². The van der Waals surface area contributed by atoms with Crippen LogP contribution in [-0.2, 0) is 6.42 Å². The summed E-state index contributed by atoms with van der Waals surface area (Å²) in [5, 5.41) is 5.39. The zero-order valence-electron chi connectivity index (χ0n) is 16.7. The molecule has 1 N–H and O–H groups in total. The first kappa shape index (κ1) is 19.9. The quantitative estimate of drug-likeness (QED) is 0.466. The Bertz CT molecular complexity index is 1220. The summed E-state index contributed by atoms with van der Waals surface area (Å²) in [5.74, 6) is 1.08. The van der Waals surface area contributed by atoms with Gasteiger partial charge in [0.2, 0.25) is 0 Å². The molecule has 1 amide bonds. The number of aromatic nitrogens is 2. The first-order chi connectivity index (χ1) is 14.5. The molecule has 6 heteroatoms. The molecule has 149 valence electrons. The van der Waals surface area contributed by atoms with Gasteiger partial charge in [0.15, 0.2) is 0 Å². The van der Waals surface area contributed by atoms with Crippen LogP contribution in [0.3, 0.4) is 0 Å². The van der Waals surface area contributed by atoms with Gasteiger partial charge in [0.25, 0.3) is 5.91 Å². The summed E-state index contributed by atoms with van der Waals surface area (Å²) >= 11 is 6.08. The van der Waals surface area contributed by atoms with Crippen molar-refractivity contribution in [3.8, 4) is 0 Å². The van der Waals surface area contributed by atoms with Gasteiger partial charge in [0.1, 0.15) is 16.8 Å². The number of rotatable bonds is 5. The molecule has 5 nitrogen and oxygen atoms in total. The van der Waals surface area contributed by atoms with Gasteiger partial charge in [0, 0.05) is 31.8 Å². The van der Waals surface area contributed by atoms with Crippen LogP contribution >= 0.6 is 11.6 Å². The highest BCUT2D eigenvalue weighted by atomic mass is 35.5. The van der Waals surface area contributed by atoms with Crippen molar-refractivity contribution in [3.63, 3.8) is 0 Å². The number of amides is 1. The van der Waals surface area contributed by atoms with Crippen LogP contribution in [0.25, 0.3) is 10.8 Å². The van der Waals surface area contributed by atoms with E-state index in [4.69, 9.17) is 11.6 Å². The first-order valence-electron chi connectivity index (χ1n) is 9.50. The van der Waals surface area contributed by atoms with Crippen molar-refractivity contribution in [2.24, 2.45) is 0 Å². The molecule has 0 fully saturated rings. The summed E-state index contributed by atoms with van der Waals surface area (Å²) in [4.78, 5) is 23.3. The number of fused-ring (bicyclic) bond motifs is 1. The van der Waals surface area contributed by atoms with Crippen molar-refractivity contribution in [1.82, 2.24) is 9.97 Å². The van der Waals surface area contributed by atoms with E-state index in [2.05, 4.69) is 21.4 Å². The molecule has 0 aliphatic rings. The van der Waals surface area contributed by atoms with Crippen LogP contribution in [0.5, 0.6) is 0 Å². The molecule has 0 saturated heterocycles. The SMILES string of the molecule is CN(C)c1[c]c(Cl)nc(Cc2cccc(NC(=O)c3ccc4ccccc4c3)c2)n1. The molecule has 0 aliphatic carbocycles. The first-order valence-corrected chi connectivity index (χ1v) is 9.88. The number of carbonyl (C=O) groups is 1. The largest absolute Gasteiger partial charge is 0.362 e. The Morgan fingerprint density at radius 3 is 2.60 bits per heavy atom. The Hall–Kier alpha value is -3.44. The number of hydrogen-bond acceptors (Lipinski definition) is 4. The number of anilines is 2. The van der Waals surface area contributed by atoms with Crippen LogP contribution in [0.2, 0.25) is 5.15 Å². The highest BCUT2D eigenvalue weighted by Crippen LogP contribution is 2.19. The summed E-state index contributed by atoms with van der Waals surface area (Å²) in [6, 6.07) is 24.2. The molecule has 0 bridgehead atoms. The van der Waals surface area contributed by atoms with Crippen molar-refractivity contribution in [3.05, 3.63) is 94.9 Å². The second-order valence-electron chi connectivity index (χ2n) is 7.17. The van der Waals surface area contributed by atoms with Crippen molar-refractivity contribution in [2.45, 2.75) is 6.42 Å². The van der Waals surface area contributed by atoms with E-state index < -0.39 is 0 Å². The highest BCUT2D eigenvalue weighted by molar-refractivity contribution is 6.29. The minimum Gasteiger partial charge on any atom is -0.362 e. The monoisotopic (exact) mass is 415 g/mol. The lowest BCUT2D eigenvalue weighted by atomic mass is 10.1. The van der Waals surface area contributed by atoms with Crippen LogP contribution in [0.15, 0.2) is 66.7 Å². The average Bonchev–Trinajstić information content (AvgIpc) is 2.73. The van der Waals surface area contributed by atoms with E-state index in [1.54, 1.807) is 0 Å². The highest BCUT2D eigenvalue weighted by Gasteiger charge is 2.10. The van der Waals surface area contributed by atoms with Gasteiger partial charge < -0.3 is 10.2 Å². The van der Waals surface area contributed by atoms with Crippen molar-refractivity contribution >= 4 is 39.8 Å². The topological polar surface area (TPSA) is 58.1 Å². The summed E-state index contributed by atoms with van der Waals surface area (Å²) in [7, 11) is 3.75. The molecule has 1 radical (unpaired) electrons. The van der Waals surface area contributed by atoms with Crippen LogP contribution in [0, 0.1) is 6.07 Å². The lowest BCUT2D eigenvalue weighted by molar-refractivity contribution is 0.102. The Kier molecular flexibility index (Phi) is 5.63. The van der Waals surface area contributed by atoms with Crippen LogP contribution in [-0.4, -0.2) is 30.0 Å². The molecule has 0 unspecified atom stereocenters. The number of hydrogen-bond donors (Lipinski definition) is 1. The normalized spacial score (nSPS) is 10.8. The lowest BCUT2D eigenvalue weighted by Crippen LogP contribution is -2.13. The standard InChI is InChI=1S/C24H20ClN4O/c1-29(2)23-15-21(25)27-22(28-23)13-16-6-5-9-20(12-16)26-24(30)19-11-10-17-7-3-4-8-18(17)14-19/h3-12,14H,13H2,1-2H3,(H,26,30). The average molecular weight is 416 g/mol. The number of carbonyl (C=O) groups excluding carboxylic acids is 1. The predicted molar refractivity (Wildman–Crippen MR) is 121 cm³/mol. The van der Waals surface area contributed by atoms with Gasteiger partial charge >= 0.3 is 0 Å². The molecular formula is C24H20ClN4O. The Morgan fingerprint density at radius 1 is 1.00 bits per heavy atom. The summed E-state index contributed by atoms with van der Waals surface area (Å²) in [6.45, 7) is 0. The molecule has 30 heavy (non-hydrogen) atoms. The minimum atomic E-state index is -0.151. The molecule has 0 atom stereocenters. The predicted octanol–water partition coefficient (Wildman–Crippen LogP) is 4.99. The molecule has 0 spiro atoms. The van der Waals surface area contributed by atoms with Gasteiger partial charge in [-0.15, -0.1) is 0 Å². The maximum absolute atomic E-state index is 12.7. The zero-order valence-corrected chi connectivity index (χ0v) is 17.4. The number of nitrogens with zero attached hydrogens (tertiary/aromatic N) is 3. The summed E-state index contributed by atoms with van der Waals surface area (Å²) in [6.07, 6.45) is 0.495. The molecule has 0 aliphatic heterocycles. The van der Waals surface area contributed by atoms with Gasteiger partial charge in [-0.2, -0.15) is 0 Å². The molecule has 0 saturated carbocycles. The maximum atomic E-state index is 12.7. The van der Waals surface area contributed by atoms with Gasteiger partial charge in [-0.05, 0) is 40.6 Å². The van der Waals surface area contributed by atoms with Gasteiger partial charge in [0.05, 0.1) is 6.07 Å². The van der Waals surface area contributed by atoms with E-state index in [0.29, 0.717) is 29.3 Å². The smallest absolute Gasteiger partial charge is 0.255 e. The van der Waals surface area contributed by atoms with Gasteiger partial charge in [-0.1, -0.05) is 54.1 Å². The molecule has 3 aromatic carbocycles. The lowest BCUT2D eigenvalue weighted by Gasteiger charge is -2.12. The molecule has 4 rings (SSSR count). The third kappa shape index (κ3) is 4.58. The zero-order chi connectivity index (χ0) is 21.1. The summed E-state index contributed by atoms with van der Waals surface area (Å²) in [5.41, 5.74) is 2.30. The van der Waals surface area contributed by atoms with Gasteiger partial charge in [-0.3, -0.25) is 4.79 Å². The summed E-state index contributed by atoms with van der Waals surface area (Å²) < 4.78 is 0. The number of halogens is 1. The third-order valence-corrected chi connectivity index (χ3v) is 4.84. The van der Waals surface area contributed by atoms with Crippen LogP contribution in [0.1, 0.15) is 21.7 Å². The molecule has 4 aromatic rings. The van der Waals surface area contributed by atoms with E-state index in [-0.39, 0.29) is 11.1 Å². The van der Waals surface area contributed by atoms with Crippen molar-refractivity contribution < 1.29 is 4.79 Å². The Morgan fingerprint density at radius 2 is 1.80 bits per heavy atom. The second-order valence-corrected chi connectivity index (χ2v) is 7.52. The van der Waals surface area contributed by atoms with Gasteiger partial charge in [-0.25, -0.2) is 9.97 Å². The van der Waals surface area contributed by atoms with Crippen LogP contribution in [0.4, 0.5) is 11.5 Å². The molecule has 1 heterocycles. The number of benzene rings is 3. The van der Waals surface area contributed by atoms with Crippen molar-refractivity contribution in [2.75, 3.05) is 24.3 Å². The van der Waals surface area contributed by atoms with E-state index in [1.807, 2.05) is 85.7 Å². The fourth-order valence-corrected chi connectivity index (χ4v) is 3.36. The fourth-order valence-electron chi connectivity index (χ4n) is 3.18. The fraction of sp³-hybridized carbons (Fsp3) is 0.125. The maximum Gasteiger partial charge on any atom is 0.255 e. The van der Waals surface area contributed by atoms with E-state index in [9.17, 15) is 4.79 Å². The number of nitrogens with one attached hydrogen (secondary N) is 1. The van der Waals surface area contributed by atoms with E-state index in [1.165, 1.54) is 0 Å². The van der Waals surface area contributed by atoms with Crippen LogP contribution < -0.4 is 10.2 Å². The van der Waals surface area contributed by atoms with Crippen molar-refractivity contribution in [1.29, 1.82) is 0 Å². The van der Waals surface area contributed by atoms with E-state index in [0.717, 1.165) is 16.3 Å². The molecular weight excluding hydrogens is 396 g/mol. The third-order valence-electron chi connectivity index (χ3n) is 4.66.